The van der Waals surface area contributed by atoms with Crippen LogP contribution in [0.3, 0.4) is 0 Å². The van der Waals surface area contributed by atoms with Crippen LogP contribution < -0.4 is 9.47 Å². The van der Waals surface area contributed by atoms with Crippen LogP contribution in [0.25, 0.3) is 0 Å². The number of benzene rings is 1. The molecule has 33 heavy (non-hydrogen) atoms. The number of ether oxygens (including phenoxy) is 3. The maximum atomic E-state index is 13.4. The predicted molar refractivity (Wildman–Crippen MR) is 123 cm³/mol. The van der Waals surface area contributed by atoms with E-state index in [0.29, 0.717) is 59.8 Å². The van der Waals surface area contributed by atoms with E-state index in [-0.39, 0.29) is 34.8 Å². The first-order valence-electron chi connectivity index (χ1n) is 11.5. The lowest BCUT2D eigenvalue weighted by Gasteiger charge is -2.42. The van der Waals surface area contributed by atoms with Crippen LogP contribution in [0.1, 0.15) is 78.2 Å². The minimum absolute atomic E-state index is 0.0101. The lowest BCUT2D eigenvalue weighted by atomic mass is 9.65. The van der Waals surface area contributed by atoms with Crippen LogP contribution in [0, 0.1) is 10.8 Å². The first-order chi connectivity index (χ1) is 15.4. The van der Waals surface area contributed by atoms with E-state index in [2.05, 4.69) is 27.7 Å². The second kappa shape index (κ2) is 8.15. The van der Waals surface area contributed by atoms with Gasteiger partial charge in [0.25, 0.3) is 0 Å². The van der Waals surface area contributed by atoms with E-state index in [0.717, 1.165) is 5.56 Å². The fourth-order valence-electron chi connectivity index (χ4n) is 5.15. The van der Waals surface area contributed by atoms with Crippen molar-refractivity contribution in [2.24, 2.45) is 10.8 Å². The number of carbonyl (C=O) groups is 3. The predicted octanol–water partition coefficient (Wildman–Crippen LogP) is 5.41. The van der Waals surface area contributed by atoms with E-state index in [9.17, 15) is 14.4 Å². The molecule has 0 radical (unpaired) electrons. The summed E-state index contributed by atoms with van der Waals surface area (Å²) in [6.07, 6.45) is 2.32. The highest BCUT2D eigenvalue weighted by Gasteiger charge is 2.47. The van der Waals surface area contributed by atoms with Gasteiger partial charge in [0, 0.05) is 49.2 Å². The van der Waals surface area contributed by atoms with Gasteiger partial charge in [-0.3, -0.25) is 14.4 Å². The summed E-state index contributed by atoms with van der Waals surface area (Å²) in [6.45, 7) is 9.97. The van der Waals surface area contributed by atoms with Gasteiger partial charge in [0.1, 0.15) is 11.5 Å². The Hall–Kier alpha value is -2.89. The number of carbonyl (C=O) groups excluding carboxylic acids is 3. The van der Waals surface area contributed by atoms with Crippen LogP contribution in [0.5, 0.6) is 11.5 Å². The standard InChI is InChI=1S/C27H32O6/c1-7-22(30)33-18-9-8-15(10-19(18)31-6)23-24-16(28)11-26(2,3)13-20(24)32-21-14-27(4,5)12-17(29)25(21)23/h8-10,23H,7,11-14H2,1-6H3. The van der Waals surface area contributed by atoms with Gasteiger partial charge in [-0.25, -0.2) is 0 Å². The van der Waals surface area contributed by atoms with E-state index >= 15 is 0 Å². The zero-order valence-corrected chi connectivity index (χ0v) is 20.3. The summed E-state index contributed by atoms with van der Waals surface area (Å²) in [5.41, 5.74) is 1.49. The largest absolute Gasteiger partial charge is 0.493 e. The minimum Gasteiger partial charge on any atom is -0.493 e. The van der Waals surface area contributed by atoms with Crippen LogP contribution in [0.2, 0.25) is 0 Å². The van der Waals surface area contributed by atoms with E-state index < -0.39 is 5.92 Å². The van der Waals surface area contributed by atoms with E-state index in [1.165, 1.54) is 7.11 Å². The molecule has 0 amide bonds. The molecule has 2 aliphatic carbocycles. The average molecular weight is 453 g/mol. The summed E-state index contributed by atoms with van der Waals surface area (Å²) < 4.78 is 17.2. The molecule has 0 saturated heterocycles. The van der Waals surface area contributed by atoms with Crippen LogP contribution in [-0.4, -0.2) is 24.6 Å². The van der Waals surface area contributed by atoms with Gasteiger partial charge < -0.3 is 14.2 Å². The first-order valence-corrected chi connectivity index (χ1v) is 11.5. The third-order valence-electron chi connectivity index (χ3n) is 6.62. The Morgan fingerprint density at radius 3 is 1.97 bits per heavy atom. The molecule has 1 aromatic carbocycles. The fourth-order valence-corrected chi connectivity index (χ4v) is 5.15. The Bertz CT molecular complexity index is 1050. The van der Waals surface area contributed by atoms with Gasteiger partial charge >= 0.3 is 5.97 Å². The molecule has 0 bridgehead atoms. The second-order valence-corrected chi connectivity index (χ2v) is 10.8. The third kappa shape index (κ3) is 4.35. The van der Waals surface area contributed by atoms with Crippen LogP contribution in [-0.2, 0) is 19.1 Å². The zero-order valence-electron chi connectivity index (χ0n) is 20.3. The Kier molecular flexibility index (Phi) is 5.75. The van der Waals surface area contributed by atoms with Crippen molar-refractivity contribution in [1.29, 1.82) is 0 Å². The minimum atomic E-state index is -0.513. The summed E-state index contributed by atoms with van der Waals surface area (Å²) in [4.78, 5) is 38.6. The molecule has 0 saturated carbocycles. The van der Waals surface area contributed by atoms with Crippen molar-refractivity contribution >= 4 is 17.5 Å². The van der Waals surface area contributed by atoms with Crippen LogP contribution >= 0.6 is 0 Å². The van der Waals surface area contributed by atoms with Gasteiger partial charge in [-0.1, -0.05) is 40.7 Å². The summed E-state index contributed by atoms with van der Waals surface area (Å²) in [5.74, 6) is 1.19. The van der Waals surface area contributed by atoms with E-state index in [1.54, 1.807) is 19.1 Å². The Morgan fingerprint density at radius 2 is 1.48 bits per heavy atom. The van der Waals surface area contributed by atoms with Crippen molar-refractivity contribution in [3.05, 3.63) is 46.4 Å². The van der Waals surface area contributed by atoms with Crippen molar-refractivity contribution in [1.82, 2.24) is 0 Å². The number of rotatable bonds is 4. The molecular formula is C27H32O6. The highest BCUT2D eigenvalue weighted by molar-refractivity contribution is 6.06. The Labute approximate surface area is 195 Å². The van der Waals surface area contributed by atoms with Crippen molar-refractivity contribution in [3.63, 3.8) is 0 Å². The molecule has 4 rings (SSSR count). The van der Waals surface area contributed by atoms with Crippen LogP contribution in [0.15, 0.2) is 40.9 Å². The average Bonchev–Trinajstić information content (AvgIpc) is 2.70. The van der Waals surface area contributed by atoms with Crippen molar-refractivity contribution in [2.75, 3.05) is 7.11 Å². The normalized spacial score (nSPS) is 21.9. The molecule has 0 N–H and O–H groups in total. The molecule has 6 nitrogen and oxygen atoms in total. The number of ketones is 2. The number of esters is 1. The van der Waals surface area contributed by atoms with Gasteiger partial charge in [0.2, 0.25) is 0 Å². The van der Waals surface area contributed by atoms with Gasteiger partial charge in [-0.05, 0) is 28.5 Å². The Balaban J connectivity index is 1.87. The summed E-state index contributed by atoms with van der Waals surface area (Å²) in [7, 11) is 1.50. The molecule has 0 fully saturated rings. The quantitative estimate of drug-likeness (QED) is 0.449. The summed E-state index contributed by atoms with van der Waals surface area (Å²) in [5, 5.41) is 0. The molecule has 0 spiro atoms. The van der Waals surface area contributed by atoms with Gasteiger partial charge in [0.05, 0.1) is 7.11 Å². The summed E-state index contributed by atoms with van der Waals surface area (Å²) in [6, 6.07) is 5.25. The molecule has 0 unspecified atom stereocenters. The molecule has 1 heterocycles. The molecule has 3 aliphatic rings. The molecule has 1 aromatic rings. The summed E-state index contributed by atoms with van der Waals surface area (Å²) >= 11 is 0. The zero-order chi connectivity index (χ0) is 24.1. The number of hydrogen-bond acceptors (Lipinski definition) is 6. The second-order valence-electron chi connectivity index (χ2n) is 10.8. The SMILES string of the molecule is CCC(=O)Oc1ccc(C2C3=C(CC(C)(C)CC3=O)OC3=C2C(=O)CC(C)(C)C3)cc1OC. The Morgan fingerprint density at radius 1 is 0.939 bits per heavy atom. The third-order valence-corrected chi connectivity index (χ3v) is 6.62. The van der Waals surface area contributed by atoms with Crippen molar-refractivity contribution < 1.29 is 28.6 Å². The van der Waals surface area contributed by atoms with E-state index in [1.807, 2.05) is 6.07 Å². The molecule has 0 atom stereocenters. The van der Waals surface area contributed by atoms with Gasteiger partial charge in [-0.15, -0.1) is 0 Å². The molecule has 0 aromatic heterocycles. The first kappa shape index (κ1) is 23.3. The smallest absolute Gasteiger partial charge is 0.311 e. The number of methoxy groups -OCH3 is 1. The molecule has 1 aliphatic heterocycles. The van der Waals surface area contributed by atoms with Gasteiger partial charge in [-0.2, -0.15) is 0 Å². The fraction of sp³-hybridized carbons (Fsp3) is 0.519. The lowest BCUT2D eigenvalue weighted by Crippen LogP contribution is -2.37. The maximum Gasteiger partial charge on any atom is 0.311 e. The number of allylic oxidation sites excluding steroid dienone is 4. The monoisotopic (exact) mass is 452 g/mol. The van der Waals surface area contributed by atoms with Crippen molar-refractivity contribution in [2.45, 2.75) is 72.6 Å². The number of hydrogen-bond donors (Lipinski definition) is 0. The van der Waals surface area contributed by atoms with Crippen molar-refractivity contribution in [3.8, 4) is 11.5 Å². The lowest BCUT2D eigenvalue weighted by molar-refractivity contribution is -0.134. The maximum absolute atomic E-state index is 13.4. The van der Waals surface area contributed by atoms with E-state index in [4.69, 9.17) is 14.2 Å². The highest BCUT2D eigenvalue weighted by atomic mass is 16.6. The highest BCUT2D eigenvalue weighted by Crippen LogP contribution is 2.53. The molecular weight excluding hydrogens is 420 g/mol. The number of Topliss-reactive ketones (excluding diaryl/α,β-unsaturated/α-hetero) is 2. The molecule has 6 heteroatoms. The topological polar surface area (TPSA) is 78.9 Å². The van der Waals surface area contributed by atoms with Gasteiger partial charge in [0.15, 0.2) is 23.1 Å². The molecule has 176 valence electrons. The van der Waals surface area contributed by atoms with Crippen LogP contribution in [0.4, 0.5) is 0 Å².